The normalized spacial score (nSPS) is 10.0. The molecule has 0 amide bonds. The zero-order chi connectivity index (χ0) is 16.8. The fourth-order valence-electron chi connectivity index (χ4n) is 1.74. The van der Waals surface area contributed by atoms with Gasteiger partial charge in [-0.2, -0.15) is 0 Å². The van der Waals surface area contributed by atoms with Gasteiger partial charge >= 0.3 is 5.97 Å². The summed E-state index contributed by atoms with van der Waals surface area (Å²) in [7, 11) is 0. The first-order chi connectivity index (χ1) is 11.0. The van der Waals surface area contributed by atoms with Crippen LogP contribution in [0.1, 0.15) is 17.3 Å². The van der Waals surface area contributed by atoms with Crippen molar-refractivity contribution in [1.29, 1.82) is 0 Å². The summed E-state index contributed by atoms with van der Waals surface area (Å²) in [6.45, 7) is 2.65. The van der Waals surface area contributed by atoms with E-state index >= 15 is 0 Å². The Kier molecular flexibility index (Phi) is 5.51. The van der Waals surface area contributed by atoms with E-state index in [4.69, 9.17) is 27.2 Å². The molecule has 23 heavy (non-hydrogen) atoms. The number of carboxylic acid groups (broad SMARTS) is 1. The number of carbonyl (C=O) groups is 1. The lowest BCUT2D eigenvalue weighted by atomic mass is 10.3. The lowest BCUT2D eigenvalue weighted by Gasteiger charge is -2.04. The van der Waals surface area contributed by atoms with Crippen molar-refractivity contribution < 1.29 is 14.6 Å². The van der Waals surface area contributed by atoms with Crippen LogP contribution < -0.4 is 10.5 Å². The van der Waals surface area contributed by atoms with E-state index in [0.717, 1.165) is 6.54 Å². The van der Waals surface area contributed by atoms with Gasteiger partial charge in [0.15, 0.2) is 5.65 Å². The van der Waals surface area contributed by atoms with Gasteiger partial charge in [-0.05, 0) is 24.7 Å². The fourth-order valence-corrected chi connectivity index (χ4v) is 1.92. The first-order valence-corrected chi connectivity index (χ1v) is 7.13. The van der Waals surface area contributed by atoms with Crippen LogP contribution in [0.5, 0.6) is 11.6 Å². The summed E-state index contributed by atoms with van der Waals surface area (Å²) in [5, 5.41) is 9.57. The molecule has 4 N–H and O–H groups in total. The van der Waals surface area contributed by atoms with Crippen molar-refractivity contribution in [3.05, 3.63) is 47.2 Å². The molecule has 3 aromatic rings. The molecular formula is C15H15ClN4O3. The number of hydrogen-bond acceptors (Lipinski definition) is 5. The Morgan fingerprint density at radius 3 is 2.87 bits per heavy atom. The molecule has 7 nitrogen and oxygen atoms in total. The van der Waals surface area contributed by atoms with Crippen LogP contribution in [0.15, 0.2) is 36.7 Å². The Morgan fingerprint density at radius 2 is 2.22 bits per heavy atom. The molecule has 1 aromatic carbocycles. The smallest absolute Gasteiger partial charge is 0.339 e. The summed E-state index contributed by atoms with van der Waals surface area (Å²) < 4.78 is 5.51. The summed E-state index contributed by atoms with van der Waals surface area (Å²) in [5.74, 6) is -0.383. The van der Waals surface area contributed by atoms with Crippen molar-refractivity contribution in [3.63, 3.8) is 0 Å². The molecule has 0 aliphatic carbocycles. The van der Waals surface area contributed by atoms with Gasteiger partial charge in [0, 0.05) is 11.2 Å². The van der Waals surface area contributed by atoms with Crippen molar-refractivity contribution in [2.75, 3.05) is 6.54 Å². The van der Waals surface area contributed by atoms with Gasteiger partial charge in [0.05, 0.1) is 6.20 Å². The van der Waals surface area contributed by atoms with Gasteiger partial charge in [0.1, 0.15) is 16.8 Å². The number of fused-ring (bicyclic) bond motifs is 1. The van der Waals surface area contributed by atoms with Crippen molar-refractivity contribution >= 4 is 28.7 Å². The first-order valence-electron chi connectivity index (χ1n) is 6.76. The number of benzene rings is 1. The molecule has 120 valence electrons. The molecule has 2 heterocycles. The third kappa shape index (κ3) is 4.18. The molecule has 3 rings (SSSR count). The number of rotatable bonds is 3. The summed E-state index contributed by atoms with van der Waals surface area (Å²) in [5.41, 5.74) is 5.53. The van der Waals surface area contributed by atoms with Crippen molar-refractivity contribution in [3.8, 4) is 11.6 Å². The molecule has 0 spiro atoms. The molecule has 0 saturated carbocycles. The summed E-state index contributed by atoms with van der Waals surface area (Å²) in [4.78, 5) is 22.0. The monoisotopic (exact) mass is 334 g/mol. The van der Waals surface area contributed by atoms with E-state index < -0.39 is 5.97 Å². The quantitative estimate of drug-likeness (QED) is 0.678. The van der Waals surface area contributed by atoms with Crippen molar-refractivity contribution in [1.82, 2.24) is 15.0 Å². The number of nitrogens with two attached hydrogens (primary N) is 1. The average molecular weight is 335 g/mol. The molecule has 0 radical (unpaired) electrons. The minimum absolute atomic E-state index is 0.0454. The van der Waals surface area contributed by atoms with Gasteiger partial charge in [-0.1, -0.05) is 24.6 Å². The number of aromatic nitrogens is 3. The van der Waals surface area contributed by atoms with E-state index in [0.29, 0.717) is 16.4 Å². The first kappa shape index (κ1) is 16.7. The second-order valence-electron chi connectivity index (χ2n) is 4.38. The molecule has 8 heteroatoms. The van der Waals surface area contributed by atoms with Crippen LogP contribution in [-0.4, -0.2) is 32.6 Å². The second-order valence-corrected chi connectivity index (χ2v) is 4.82. The van der Waals surface area contributed by atoms with Crippen LogP contribution in [0.3, 0.4) is 0 Å². The van der Waals surface area contributed by atoms with Gasteiger partial charge < -0.3 is 20.6 Å². The molecule has 0 unspecified atom stereocenters. The maximum Gasteiger partial charge on any atom is 0.339 e. The van der Waals surface area contributed by atoms with Crippen LogP contribution in [0.2, 0.25) is 5.02 Å². The molecule has 0 fully saturated rings. The molecule has 0 bridgehead atoms. The maximum atomic E-state index is 11.0. The topological polar surface area (TPSA) is 114 Å². The van der Waals surface area contributed by atoms with Crippen LogP contribution in [0.4, 0.5) is 0 Å². The van der Waals surface area contributed by atoms with Crippen LogP contribution in [0.25, 0.3) is 11.2 Å². The number of aromatic amines is 1. The van der Waals surface area contributed by atoms with E-state index in [-0.39, 0.29) is 17.0 Å². The molecule has 0 atom stereocenters. The predicted octanol–water partition coefficient (Wildman–Crippen LogP) is 3.07. The van der Waals surface area contributed by atoms with E-state index in [9.17, 15) is 4.79 Å². The van der Waals surface area contributed by atoms with Crippen LogP contribution in [0, 0.1) is 0 Å². The summed E-state index contributed by atoms with van der Waals surface area (Å²) in [6.07, 6.45) is 2.75. The lowest BCUT2D eigenvalue weighted by molar-refractivity contribution is 0.0699. The Labute approximate surface area is 137 Å². The van der Waals surface area contributed by atoms with Crippen molar-refractivity contribution in [2.24, 2.45) is 5.73 Å². The SMILES string of the molecule is CCN.O=C(O)c1c[nH]c2ncc(Oc3cccc(Cl)c3)nc12. The summed E-state index contributed by atoms with van der Waals surface area (Å²) >= 11 is 5.86. The van der Waals surface area contributed by atoms with Gasteiger partial charge in [-0.3, -0.25) is 0 Å². The standard InChI is InChI=1S/C13H8ClN3O3.C2H7N/c14-7-2-1-3-8(4-7)20-10-6-16-12-11(17-10)9(5-15-12)13(18)19;1-2-3/h1-6H,(H,15,16)(H,18,19);2-3H2,1H3. The zero-order valence-corrected chi connectivity index (χ0v) is 13.0. The number of ether oxygens (including phenoxy) is 1. The van der Waals surface area contributed by atoms with E-state index in [1.807, 2.05) is 6.92 Å². The number of hydrogen-bond donors (Lipinski definition) is 3. The Morgan fingerprint density at radius 1 is 1.48 bits per heavy atom. The number of nitrogens with zero attached hydrogens (tertiary/aromatic N) is 2. The molecule has 0 saturated heterocycles. The van der Waals surface area contributed by atoms with Gasteiger partial charge in [-0.25, -0.2) is 14.8 Å². The van der Waals surface area contributed by atoms with E-state index in [1.165, 1.54) is 12.4 Å². The third-order valence-corrected chi connectivity index (χ3v) is 2.84. The highest BCUT2D eigenvalue weighted by Crippen LogP contribution is 2.24. The fraction of sp³-hybridized carbons (Fsp3) is 0.133. The Balaban J connectivity index is 0.000000595. The maximum absolute atomic E-state index is 11.0. The van der Waals surface area contributed by atoms with Crippen LogP contribution in [-0.2, 0) is 0 Å². The van der Waals surface area contributed by atoms with Gasteiger partial charge in [0.2, 0.25) is 5.88 Å². The largest absolute Gasteiger partial charge is 0.478 e. The Bertz CT molecular complexity index is 819. The Hall–Kier alpha value is -2.64. The molecule has 0 aliphatic rings. The molecule has 0 aliphatic heterocycles. The highest BCUT2D eigenvalue weighted by Gasteiger charge is 2.14. The minimum atomic E-state index is -1.08. The van der Waals surface area contributed by atoms with Crippen molar-refractivity contribution in [2.45, 2.75) is 6.92 Å². The summed E-state index contributed by atoms with van der Waals surface area (Å²) in [6, 6.07) is 6.80. The average Bonchev–Trinajstić information content (AvgIpc) is 2.91. The lowest BCUT2D eigenvalue weighted by Crippen LogP contribution is -1.96. The highest BCUT2D eigenvalue weighted by molar-refractivity contribution is 6.30. The number of aromatic carboxylic acids is 1. The molecular weight excluding hydrogens is 320 g/mol. The number of carboxylic acids is 1. The second kappa shape index (κ2) is 7.57. The zero-order valence-electron chi connectivity index (χ0n) is 12.3. The van der Waals surface area contributed by atoms with Gasteiger partial charge in [-0.15, -0.1) is 0 Å². The predicted molar refractivity (Wildman–Crippen MR) is 87.1 cm³/mol. The highest BCUT2D eigenvalue weighted by atomic mass is 35.5. The van der Waals surface area contributed by atoms with E-state index in [1.54, 1.807) is 24.3 Å². The van der Waals surface area contributed by atoms with Crippen LogP contribution >= 0.6 is 11.6 Å². The number of nitrogens with one attached hydrogen (secondary N) is 1. The number of H-pyrrole nitrogens is 1. The van der Waals surface area contributed by atoms with Gasteiger partial charge in [0.25, 0.3) is 0 Å². The van der Waals surface area contributed by atoms with E-state index in [2.05, 4.69) is 15.0 Å². The third-order valence-electron chi connectivity index (χ3n) is 2.61. The number of halogens is 1. The molecule has 2 aromatic heterocycles. The minimum Gasteiger partial charge on any atom is -0.478 e.